The molecular formula is C44H26N2O. The minimum atomic E-state index is 0.699. The summed E-state index contributed by atoms with van der Waals surface area (Å²) in [5.41, 5.74) is 8.86. The Hall–Kier alpha value is -6.32. The van der Waals surface area contributed by atoms with Gasteiger partial charge in [-0.05, 0) is 86.3 Å². The van der Waals surface area contributed by atoms with Crippen molar-refractivity contribution >= 4 is 76.3 Å². The van der Waals surface area contributed by atoms with Gasteiger partial charge in [0.2, 0.25) is 0 Å². The van der Waals surface area contributed by atoms with Crippen LogP contribution in [0.25, 0.3) is 98.6 Å². The van der Waals surface area contributed by atoms with Crippen LogP contribution in [0.15, 0.2) is 162 Å². The number of aromatic nitrogens is 2. The Labute approximate surface area is 270 Å². The maximum Gasteiger partial charge on any atom is 0.160 e. The minimum absolute atomic E-state index is 0.699. The van der Waals surface area contributed by atoms with Crippen LogP contribution in [-0.2, 0) is 0 Å². The van der Waals surface area contributed by atoms with Crippen molar-refractivity contribution in [2.45, 2.75) is 0 Å². The van der Waals surface area contributed by atoms with Gasteiger partial charge in [-0.3, -0.25) is 0 Å². The lowest BCUT2D eigenvalue weighted by molar-refractivity contribution is 0.669. The topological polar surface area (TPSA) is 38.9 Å². The first kappa shape index (κ1) is 26.0. The predicted molar refractivity (Wildman–Crippen MR) is 197 cm³/mol. The molecule has 0 fully saturated rings. The van der Waals surface area contributed by atoms with E-state index >= 15 is 0 Å². The van der Waals surface area contributed by atoms with E-state index in [-0.39, 0.29) is 0 Å². The minimum Gasteiger partial charge on any atom is -0.456 e. The molecule has 0 N–H and O–H groups in total. The number of hydrogen-bond donors (Lipinski definition) is 0. The highest BCUT2D eigenvalue weighted by molar-refractivity contribution is 6.23. The van der Waals surface area contributed by atoms with Crippen LogP contribution in [0.3, 0.4) is 0 Å². The predicted octanol–water partition coefficient (Wildman–Crippen LogP) is 12.0. The molecule has 0 aliphatic rings. The molecule has 7 aromatic carbocycles. The lowest BCUT2D eigenvalue weighted by Gasteiger charge is -2.09. The van der Waals surface area contributed by atoms with Gasteiger partial charge in [0.15, 0.2) is 5.65 Å². The van der Waals surface area contributed by atoms with Crippen LogP contribution < -0.4 is 0 Å². The molecule has 0 saturated heterocycles. The second-order valence-electron chi connectivity index (χ2n) is 12.2. The van der Waals surface area contributed by atoms with Crippen LogP contribution in [0, 0.1) is 0 Å². The molecule has 3 nitrogen and oxygen atoms in total. The summed E-state index contributed by atoms with van der Waals surface area (Å²) in [6.45, 7) is 0. The maximum atomic E-state index is 6.44. The van der Waals surface area contributed by atoms with Gasteiger partial charge >= 0.3 is 0 Å². The van der Waals surface area contributed by atoms with Crippen molar-refractivity contribution in [1.82, 2.24) is 9.97 Å². The van der Waals surface area contributed by atoms with Crippen LogP contribution in [0.4, 0.5) is 0 Å². The highest BCUT2D eigenvalue weighted by Gasteiger charge is 2.14. The van der Waals surface area contributed by atoms with Gasteiger partial charge in [0.25, 0.3) is 0 Å². The van der Waals surface area contributed by atoms with Crippen molar-refractivity contribution in [2.75, 3.05) is 0 Å². The summed E-state index contributed by atoms with van der Waals surface area (Å²) in [7, 11) is 0. The summed E-state index contributed by atoms with van der Waals surface area (Å²) < 4.78 is 6.44. The Morgan fingerprint density at radius 2 is 1.04 bits per heavy atom. The van der Waals surface area contributed by atoms with Gasteiger partial charge in [0, 0.05) is 26.9 Å². The fourth-order valence-corrected chi connectivity index (χ4v) is 7.16. The van der Waals surface area contributed by atoms with E-state index in [9.17, 15) is 0 Å². The summed E-state index contributed by atoms with van der Waals surface area (Å²) in [4.78, 5) is 10.6. The molecule has 0 amide bonds. The Balaban J connectivity index is 1.36. The number of fused-ring (bicyclic) bond motifs is 12. The van der Waals surface area contributed by atoms with Gasteiger partial charge in [0.05, 0.1) is 11.0 Å². The van der Waals surface area contributed by atoms with Crippen LogP contribution >= 0.6 is 0 Å². The molecule has 10 aromatic rings. The Bertz CT molecular complexity index is 2900. The second-order valence-corrected chi connectivity index (χ2v) is 12.2. The molecule has 3 heterocycles. The molecule has 10 rings (SSSR count). The summed E-state index contributed by atoms with van der Waals surface area (Å²) in [6.07, 6.45) is 0. The number of rotatable bonds is 2. The van der Waals surface area contributed by atoms with E-state index in [1.165, 1.54) is 21.9 Å². The molecule has 3 aromatic heterocycles. The van der Waals surface area contributed by atoms with E-state index in [1.54, 1.807) is 0 Å². The van der Waals surface area contributed by atoms with Gasteiger partial charge in [-0.1, -0.05) is 115 Å². The van der Waals surface area contributed by atoms with Crippen molar-refractivity contribution in [3.8, 4) is 22.3 Å². The SMILES string of the molecule is c1ccc(-c2cccc(-c3ccc4c(c3)nc3nc4c4cccc5oc6ccc(cc6c54)c4ccccc4c4cccc3c4)c2)cc1. The van der Waals surface area contributed by atoms with E-state index < -0.39 is 0 Å². The van der Waals surface area contributed by atoms with E-state index in [0.717, 1.165) is 71.0 Å². The zero-order valence-corrected chi connectivity index (χ0v) is 25.3. The summed E-state index contributed by atoms with van der Waals surface area (Å²) in [6, 6.07) is 55.8. The number of hydrogen-bond acceptors (Lipinski definition) is 3. The zero-order valence-electron chi connectivity index (χ0n) is 25.3. The molecule has 0 aliphatic heterocycles. The molecule has 47 heavy (non-hydrogen) atoms. The molecule has 0 atom stereocenters. The molecule has 218 valence electrons. The van der Waals surface area contributed by atoms with Gasteiger partial charge in [-0.25, -0.2) is 9.97 Å². The van der Waals surface area contributed by atoms with Gasteiger partial charge in [-0.15, -0.1) is 0 Å². The van der Waals surface area contributed by atoms with Crippen molar-refractivity contribution < 1.29 is 4.42 Å². The second kappa shape index (κ2) is 10.1. The molecule has 6 bridgehead atoms. The first-order chi connectivity index (χ1) is 23.3. The largest absolute Gasteiger partial charge is 0.456 e. The molecule has 0 spiro atoms. The zero-order chi connectivity index (χ0) is 30.9. The fourth-order valence-electron chi connectivity index (χ4n) is 7.16. The van der Waals surface area contributed by atoms with Gasteiger partial charge in [0.1, 0.15) is 11.2 Å². The average molecular weight is 599 g/mol. The Morgan fingerprint density at radius 1 is 0.362 bits per heavy atom. The molecule has 0 aliphatic carbocycles. The van der Waals surface area contributed by atoms with Crippen LogP contribution in [0.1, 0.15) is 0 Å². The summed E-state index contributed by atoms with van der Waals surface area (Å²) >= 11 is 0. The lowest BCUT2D eigenvalue weighted by atomic mass is 9.98. The van der Waals surface area contributed by atoms with Crippen LogP contribution in [0.2, 0.25) is 0 Å². The molecule has 0 radical (unpaired) electrons. The van der Waals surface area contributed by atoms with Crippen molar-refractivity contribution in [1.29, 1.82) is 0 Å². The third-order valence-electron chi connectivity index (χ3n) is 9.42. The molecular weight excluding hydrogens is 572 g/mol. The van der Waals surface area contributed by atoms with E-state index in [0.29, 0.717) is 5.65 Å². The van der Waals surface area contributed by atoms with Crippen LogP contribution in [-0.4, -0.2) is 9.97 Å². The maximum absolute atomic E-state index is 6.44. The fraction of sp³-hybridized carbons (Fsp3) is 0. The van der Waals surface area contributed by atoms with E-state index in [1.807, 2.05) is 0 Å². The van der Waals surface area contributed by atoms with Crippen molar-refractivity contribution in [3.63, 3.8) is 0 Å². The monoisotopic (exact) mass is 598 g/mol. The van der Waals surface area contributed by atoms with Crippen LogP contribution in [0.5, 0.6) is 0 Å². The number of benzene rings is 7. The summed E-state index contributed by atoms with van der Waals surface area (Å²) in [5, 5.41) is 9.80. The highest BCUT2D eigenvalue weighted by Crippen LogP contribution is 2.38. The van der Waals surface area contributed by atoms with Crippen molar-refractivity contribution in [2.24, 2.45) is 0 Å². The average Bonchev–Trinajstić information content (AvgIpc) is 3.53. The van der Waals surface area contributed by atoms with E-state index in [2.05, 4.69) is 158 Å². The van der Waals surface area contributed by atoms with E-state index in [4.69, 9.17) is 14.4 Å². The third-order valence-corrected chi connectivity index (χ3v) is 9.42. The number of furan rings is 1. The lowest BCUT2D eigenvalue weighted by Crippen LogP contribution is -1.90. The quantitative estimate of drug-likeness (QED) is 0.199. The first-order valence-corrected chi connectivity index (χ1v) is 15.9. The Kier molecular flexibility index (Phi) is 5.57. The number of nitrogens with zero attached hydrogens (tertiary/aromatic N) is 2. The summed E-state index contributed by atoms with van der Waals surface area (Å²) in [5.74, 6) is 0. The smallest absolute Gasteiger partial charge is 0.160 e. The molecule has 3 heteroatoms. The van der Waals surface area contributed by atoms with Crippen molar-refractivity contribution in [3.05, 3.63) is 158 Å². The molecule has 0 unspecified atom stereocenters. The highest BCUT2D eigenvalue weighted by atomic mass is 16.3. The van der Waals surface area contributed by atoms with Gasteiger partial charge < -0.3 is 4.42 Å². The normalized spacial score (nSPS) is 11.8. The van der Waals surface area contributed by atoms with Gasteiger partial charge in [-0.2, -0.15) is 0 Å². The first-order valence-electron chi connectivity index (χ1n) is 15.9. The Morgan fingerprint density at radius 3 is 1.91 bits per heavy atom. The third kappa shape index (κ3) is 4.14. The molecule has 0 saturated carbocycles. The standard InChI is InChI=1S/C44H26N2O/c1-2-9-27(10-3-1)28-11-6-12-29(23-28)30-19-21-36-39(26-30)45-44-33-14-7-13-31(24-33)34-15-4-5-16-35(34)32-20-22-40-38(25-32)42-37(43(36)46-44)17-8-18-41(42)47-40/h1-26H.